The minimum Gasteiger partial charge on any atom is -0.504 e. The van der Waals surface area contributed by atoms with Crippen LogP contribution in [0.25, 0.3) is 0 Å². The van der Waals surface area contributed by atoms with Crippen molar-refractivity contribution in [2.24, 2.45) is 0 Å². The van der Waals surface area contributed by atoms with Crippen LogP contribution in [0.5, 0.6) is 17.2 Å². The monoisotopic (exact) mass is 344 g/mol. The summed E-state index contributed by atoms with van der Waals surface area (Å²) in [4.78, 5) is 23.1. The van der Waals surface area contributed by atoms with Crippen molar-refractivity contribution in [2.45, 2.75) is 36.8 Å². The lowest BCUT2D eigenvalue weighted by atomic mass is 9.79. The largest absolute Gasteiger partial charge is 0.504 e. The molecule has 1 aliphatic carbocycles. The van der Waals surface area contributed by atoms with Gasteiger partial charge in [-0.3, -0.25) is 0 Å². The number of aliphatic hydroxyl groups is 3. The number of esters is 1. The van der Waals surface area contributed by atoms with Crippen LogP contribution in [0.4, 0.5) is 0 Å². The van der Waals surface area contributed by atoms with Gasteiger partial charge in [0, 0.05) is 12.8 Å². The molecule has 24 heavy (non-hydrogen) atoms. The molecule has 7 N–H and O–H groups in total. The minimum atomic E-state index is -2.39. The lowest BCUT2D eigenvalue weighted by Crippen LogP contribution is -2.57. The number of hydrogen-bond acceptors (Lipinski definition) is 9. The van der Waals surface area contributed by atoms with Crippen molar-refractivity contribution in [2.75, 3.05) is 0 Å². The molecular formula is C14H16O10. The molecule has 132 valence electrons. The number of phenolic OH excluding ortho intramolecular Hbond substituents is 3. The van der Waals surface area contributed by atoms with E-state index in [1.54, 1.807) is 0 Å². The van der Waals surface area contributed by atoms with E-state index >= 15 is 0 Å². The van der Waals surface area contributed by atoms with E-state index in [1.807, 2.05) is 0 Å². The molecule has 0 aromatic heterocycles. The maximum atomic E-state index is 12.0. The SMILES string of the molecule is O=C(O[C@H]1C[C@](O)(C(=O)O)C[C@H](O)[C@H]1O)c1cc(O)c(O)c(O)c1. The van der Waals surface area contributed by atoms with Crippen LogP contribution in [0.2, 0.25) is 0 Å². The van der Waals surface area contributed by atoms with Crippen molar-refractivity contribution >= 4 is 11.9 Å². The Bertz CT molecular complexity index is 649. The summed E-state index contributed by atoms with van der Waals surface area (Å²) in [7, 11) is 0. The molecule has 2 rings (SSSR count). The molecule has 0 radical (unpaired) electrons. The normalized spacial score (nSPS) is 29.9. The number of phenols is 3. The minimum absolute atomic E-state index is 0.395. The fourth-order valence-corrected chi connectivity index (χ4v) is 2.46. The van der Waals surface area contributed by atoms with Crippen LogP contribution in [-0.2, 0) is 9.53 Å². The molecule has 0 saturated heterocycles. The molecule has 10 nitrogen and oxygen atoms in total. The maximum absolute atomic E-state index is 12.0. The molecule has 0 unspecified atom stereocenters. The zero-order chi connectivity index (χ0) is 18.2. The number of aliphatic carboxylic acids is 1. The third kappa shape index (κ3) is 3.20. The Balaban J connectivity index is 2.22. The Morgan fingerprint density at radius 3 is 2.12 bits per heavy atom. The van der Waals surface area contributed by atoms with Crippen LogP contribution in [0.15, 0.2) is 12.1 Å². The van der Waals surface area contributed by atoms with Crippen LogP contribution in [0.1, 0.15) is 23.2 Å². The fourth-order valence-electron chi connectivity index (χ4n) is 2.46. The van der Waals surface area contributed by atoms with Crippen molar-refractivity contribution in [1.29, 1.82) is 0 Å². The summed E-state index contributed by atoms with van der Waals surface area (Å²) in [5.41, 5.74) is -2.78. The number of aliphatic hydroxyl groups excluding tert-OH is 2. The van der Waals surface area contributed by atoms with E-state index in [1.165, 1.54) is 0 Å². The Morgan fingerprint density at radius 2 is 1.62 bits per heavy atom. The second-order valence-corrected chi connectivity index (χ2v) is 5.61. The van der Waals surface area contributed by atoms with Crippen molar-refractivity contribution in [3.8, 4) is 17.2 Å². The first-order valence-electron chi connectivity index (χ1n) is 6.83. The van der Waals surface area contributed by atoms with Gasteiger partial charge in [0.1, 0.15) is 12.2 Å². The Kier molecular flexibility index (Phi) is 4.56. The van der Waals surface area contributed by atoms with Crippen LogP contribution < -0.4 is 0 Å². The molecule has 0 aliphatic heterocycles. The predicted octanol–water partition coefficient (Wildman–Crippen LogP) is -1.34. The highest BCUT2D eigenvalue weighted by molar-refractivity contribution is 5.91. The Hall–Kier alpha value is -2.56. The van der Waals surface area contributed by atoms with E-state index < -0.39 is 71.5 Å². The first-order chi connectivity index (χ1) is 11.0. The van der Waals surface area contributed by atoms with E-state index in [9.17, 15) is 40.2 Å². The third-order valence-electron chi connectivity index (χ3n) is 3.82. The van der Waals surface area contributed by atoms with Gasteiger partial charge in [0.15, 0.2) is 22.8 Å². The van der Waals surface area contributed by atoms with Gasteiger partial charge in [0.05, 0.1) is 11.7 Å². The molecule has 1 aromatic carbocycles. The highest BCUT2D eigenvalue weighted by atomic mass is 16.6. The standard InChI is InChI=1S/C14H16O10/c15-6-1-5(2-7(16)10(6)18)12(20)24-9-4-14(23,13(21)22)3-8(17)11(9)19/h1-2,8-9,11,15-19,23H,3-4H2,(H,21,22)/t8-,9-,11+,14-/m0/s1. The van der Waals surface area contributed by atoms with E-state index in [4.69, 9.17) is 9.84 Å². The Morgan fingerprint density at radius 1 is 1.08 bits per heavy atom. The van der Waals surface area contributed by atoms with Crippen LogP contribution in [0, 0.1) is 0 Å². The molecular weight excluding hydrogens is 328 g/mol. The van der Waals surface area contributed by atoms with E-state index in [0.29, 0.717) is 0 Å². The highest BCUT2D eigenvalue weighted by Crippen LogP contribution is 2.36. The predicted molar refractivity (Wildman–Crippen MR) is 74.5 cm³/mol. The van der Waals surface area contributed by atoms with Crippen LogP contribution >= 0.6 is 0 Å². The number of hydrogen-bond donors (Lipinski definition) is 7. The molecule has 1 fully saturated rings. The van der Waals surface area contributed by atoms with Gasteiger partial charge in [0.2, 0.25) is 0 Å². The van der Waals surface area contributed by atoms with Gasteiger partial charge in [-0.25, -0.2) is 9.59 Å². The second-order valence-electron chi connectivity index (χ2n) is 5.61. The molecule has 1 aromatic rings. The summed E-state index contributed by atoms with van der Waals surface area (Å²) in [6, 6.07) is 1.57. The first-order valence-corrected chi connectivity index (χ1v) is 6.83. The topological polar surface area (TPSA) is 185 Å². The molecule has 1 saturated carbocycles. The maximum Gasteiger partial charge on any atom is 0.338 e. The lowest BCUT2D eigenvalue weighted by Gasteiger charge is -2.39. The molecule has 4 atom stereocenters. The average molecular weight is 344 g/mol. The van der Waals surface area contributed by atoms with Crippen molar-refractivity contribution < 1.29 is 50.1 Å². The summed E-state index contributed by atoms with van der Waals surface area (Å²) in [6.45, 7) is 0. The summed E-state index contributed by atoms with van der Waals surface area (Å²) in [5.74, 6) is -5.26. The number of aromatic hydroxyl groups is 3. The summed E-state index contributed by atoms with van der Waals surface area (Å²) < 4.78 is 4.88. The number of carboxylic acids is 1. The zero-order valence-corrected chi connectivity index (χ0v) is 12.2. The number of ether oxygens (including phenoxy) is 1. The molecule has 0 heterocycles. The van der Waals surface area contributed by atoms with Gasteiger partial charge in [-0.15, -0.1) is 0 Å². The lowest BCUT2D eigenvalue weighted by molar-refractivity contribution is -0.187. The van der Waals surface area contributed by atoms with Gasteiger partial charge < -0.3 is 40.5 Å². The zero-order valence-electron chi connectivity index (χ0n) is 12.2. The van der Waals surface area contributed by atoms with Gasteiger partial charge in [0.25, 0.3) is 0 Å². The van der Waals surface area contributed by atoms with Crippen molar-refractivity contribution in [3.05, 3.63) is 17.7 Å². The number of carboxylic acid groups (broad SMARTS) is 1. The summed E-state index contributed by atoms with van der Waals surface area (Å²) in [6.07, 6.45) is -6.12. The summed E-state index contributed by atoms with van der Waals surface area (Å²) in [5, 5.41) is 66.4. The first kappa shape index (κ1) is 17.8. The average Bonchev–Trinajstić information content (AvgIpc) is 2.49. The number of carbonyl (C=O) groups is 2. The van der Waals surface area contributed by atoms with E-state index in [2.05, 4.69) is 0 Å². The number of carbonyl (C=O) groups excluding carboxylic acids is 1. The van der Waals surface area contributed by atoms with Crippen LogP contribution in [0.3, 0.4) is 0 Å². The summed E-state index contributed by atoms with van der Waals surface area (Å²) >= 11 is 0. The Labute approximate surface area is 134 Å². The van der Waals surface area contributed by atoms with Gasteiger partial charge in [-0.2, -0.15) is 0 Å². The fraction of sp³-hybridized carbons (Fsp3) is 0.429. The van der Waals surface area contributed by atoms with Gasteiger partial charge in [-0.05, 0) is 12.1 Å². The van der Waals surface area contributed by atoms with Gasteiger partial charge in [-0.1, -0.05) is 0 Å². The third-order valence-corrected chi connectivity index (χ3v) is 3.82. The molecule has 0 bridgehead atoms. The van der Waals surface area contributed by atoms with E-state index in [0.717, 1.165) is 12.1 Å². The van der Waals surface area contributed by atoms with Crippen molar-refractivity contribution in [3.63, 3.8) is 0 Å². The molecule has 1 aliphatic rings. The quantitative estimate of drug-likeness (QED) is 0.256. The second kappa shape index (κ2) is 6.15. The number of benzene rings is 1. The number of rotatable bonds is 3. The molecule has 0 spiro atoms. The molecule has 0 amide bonds. The molecule has 10 heteroatoms. The highest BCUT2D eigenvalue weighted by Gasteiger charge is 2.50. The smallest absolute Gasteiger partial charge is 0.338 e. The van der Waals surface area contributed by atoms with E-state index in [-0.39, 0.29) is 0 Å². The van der Waals surface area contributed by atoms with Gasteiger partial charge >= 0.3 is 11.9 Å². The van der Waals surface area contributed by atoms with Crippen molar-refractivity contribution in [1.82, 2.24) is 0 Å². The van der Waals surface area contributed by atoms with Crippen LogP contribution in [-0.4, -0.2) is 71.6 Å².